The van der Waals surface area contributed by atoms with Crippen molar-refractivity contribution in [3.63, 3.8) is 0 Å². The highest BCUT2D eigenvalue weighted by Crippen LogP contribution is 2.18. The number of amides is 2. The summed E-state index contributed by atoms with van der Waals surface area (Å²) in [6, 6.07) is -0.411. The minimum Gasteiger partial charge on any atom is -0.393 e. The Balaban J connectivity index is 2.24. The fourth-order valence-corrected chi connectivity index (χ4v) is 1.29. The van der Waals surface area contributed by atoms with Crippen LogP contribution in [-0.2, 0) is 0 Å². The van der Waals surface area contributed by atoms with Crippen molar-refractivity contribution >= 4 is 6.03 Å². The molecule has 4 N–H and O–H groups in total. The highest BCUT2D eigenvalue weighted by molar-refractivity contribution is 5.71. The Morgan fingerprint density at radius 3 is 2.70 bits per heavy atom. The molecule has 10 heavy (non-hydrogen) atoms. The van der Waals surface area contributed by atoms with Crippen molar-refractivity contribution in [1.29, 1.82) is 0 Å². The number of aliphatic hydroxyl groups is 1. The molecule has 1 aliphatic carbocycles. The van der Waals surface area contributed by atoms with Crippen molar-refractivity contribution in [2.75, 3.05) is 0 Å². The van der Waals surface area contributed by atoms with Crippen LogP contribution in [0.5, 0.6) is 0 Å². The smallest absolute Gasteiger partial charge is 0.312 e. The zero-order valence-electron chi connectivity index (χ0n) is 5.71. The molecule has 1 rings (SSSR count). The van der Waals surface area contributed by atoms with Crippen molar-refractivity contribution in [1.82, 2.24) is 5.32 Å². The number of hydrogen-bond acceptors (Lipinski definition) is 2. The number of nitrogens with one attached hydrogen (secondary N) is 1. The van der Waals surface area contributed by atoms with Gasteiger partial charge in [-0.1, -0.05) is 0 Å². The number of primary amides is 1. The summed E-state index contributed by atoms with van der Waals surface area (Å²) in [5.74, 6) is 0. The standard InChI is InChI=1S/C6H12N2O2/c7-6(10)8-4-1-2-5(9)3-4/h4-5,9H,1-3H2,(H3,7,8,10)/t4-,5-/m1/s1. The third-order valence-electron chi connectivity index (χ3n) is 1.75. The quantitative estimate of drug-likeness (QED) is 0.467. The van der Waals surface area contributed by atoms with Gasteiger partial charge in [-0.2, -0.15) is 0 Å². The van der Waals surface area contributed by atoms with Gasteiger partial charge in [-0.05, 0) is 19.3 Å². The summed E-state index contributed by atoms with van der Waals surface area (Å²) in [4.78, 5) is 10.3. The first-order chi connectivity index (χ1) is 4.68. The van der Waals surface area contributed by atoms with Gasteiger partial charge in [0, 0.05) is 6.04 Å². The fraction of sp³-hybridized carbons (Fsp3) is 0.833. The average Bonchev–Trinajstić information content (AvgIpc) is 2.13. The van der Waals surface area contributed by atoms with E-state index in [4.69, 9.17) is 10.8 Å². The van der Waals surface area contributed by atoms with Crippen LogP contribution in [-0.4, -0.2) is 23.3 Å². The number of hydrogen-bond donors (Lipinski definition) is 3. The molecule has 0 unspecified atom stereocenters. The second kappa shape index (κ2) is 2.88. The third-order valence-corrected chi connectivity index (χ3v) is 1.75. The molecule has 0 radical (unpaired) electrons. The Bertz CT molecular complexity index is 138. The Morgan fingerprint density at radius 2 is 2.30 bits per heavy atom. The van der Waals surface area contributed by atoms with E-state index in [-0.39, 0.29) is 12.1 Å². The van der Waals surface area contributed by atoms with Crippen LogP contribution in [0.15, 0.2) is 0 Å². The molecule has 0 aliphatic heterocycles. The van der Waals surface area contributed by atoms with Gasteiger partial charge in [0.25, 0.3) is 0 Å². The van der Waals surface area contributed by atoms with Gasteiger partial charge in [0.1, 0.15) is 0 Å². The molecule has 58 valence electrons. The second-order valence-corrected chi connectivity index (χ2v) is 2.67. The van der Waals surface area contributed by atoms with E-state index in [2.05, 4.69) is 5.32 Å². The number of urea groups is 1. The van der Waals surface area contributed by atoms with E-state index in [0.29, 0.717) is 6.42 Å². The minimum atomic E-state index is -0.501. The summed E-state index contributed by atoms with van der Waals surface area (Å²) in [6.45, 7) is 0. The van der Waals surface area contributed by atoms with Crippen LogP contribution < -0.4 is 11.1 Å². The maximum atomic E-state index is 10.3. The zero-order valence-corrected chi connectivity index (χ0v) is 5.71. The molecular formula is C6H12N2O2. The molecule has 1 saturated carbocycles. The van der Waals surface area contributed by atoms with Gasteiger partial charge in [-0.25, -0.2) is 4.79 Å². The van der Waals surface area contributed by atoms with Crippen molar-refractivity contribution < 1.29 is 9.90 Å². The Morgan fingerprint density at radius 1 is 1.60 bits per heavy atom. The van der Waals surface area contributed by atoms with E-state index >= 15 is 0 Å². The Kier molecular flexibility index (Phi) is 2.11. The lowest BCUT2D eigenvalue weighted by molar-refractivity contribution is 0.179. The van der Waals surface area contributed by atoms with E-state index in [1.807, 2.05) is 0 Å². The van der Waals surface area contributed by atoms with Crippen molar-refractivity contribution in [2.45, 2.75) is 31.4 Å². The van der Waals surface area contributed by atoms with Crippen LogP contribution in [0.3, 0.4) is 0 Å². The number of rotatable bonds is 1. The van der Waals surface area contributed by atoms with Gasteiger partial charge < -0.3 is 16.2 Å². The van der Waals surface area contributed by atoms with E-state index in [9.17, 15) is 4.79 Å². The summed E-state index contributed by atoms with van der Waals surface area (Å²) >= 11 is 0. The van der Waals surface area contributed by atoms with Crippen LogP contribution >= 0.6 is 0 Å². The van der Waals surface area contributed by atoms with Crippen LogP contribution in [0.1, 0.15) is 19.3 Å². The zero-order chi connectivity index (χ0) is 7.56. The number of nitrogens with two attached hydrogens (primary N) is 1. The molecule has 0 heterocycles. The van der Waals surface area contributed by atoms with Gasteiger partial charge in [0.15, 0.2) is 0 Å². The van der Waals surface area contributed by atoms with Gasteiger partial charge in [-0.15, -0.1) is 0 Å². The molecule has 0 aromatic rings. The number of carbonyl (C=O) groups excluding carboxylic acids is 1. The SMILES string of the molecule is NC(=O)N[C@@H]1CC[C@@H](O)C1. The highest BCUT2D eigenvalue weighted by atomic mass is 16.3. The van der Waals surface area contributed by atoms with Crippen molar-refractivity contribution in [3.05, 3.63) is 0 Å². The molecule has 0 spiro atoms. The average molecular weight is 144 g/mol. The first-order valence-corrected chi connectivity index (χ1v) is 3.42. The first-order valence-electron chi connectivity index (χ1n) is 3.42. The molecule has 2 atom stereocenters. The summed E-state index contributed by atoms with van der Waals surface area (Å²) < 4.78 is 0. The van der Waals surface area contributed by atoms with Gasteiger partial charge in [0.2, 0.25) is 0 Å². The maximum Gasteiger partial charge on any atom is 0.312 e. The minimum absolute atomic E-state index is 0.0903. The summed E-state index contributed by atoms with van der Waals surface area (Å²) in [7, 11) is 0. The molecular weight excluding hydrogens is 132 g/mol. The largest absolute Gasteiger partial charge is 0.393 e. The van der Waals surface area contributed by atoms with Crippen LogP contribution in [0.4, 0.5) is 4.79 Å². The molecule has 2 amide bonds. The summed E-state index contributed by atoms with van der Waals surface area (Å²) in [6.07, 6.45) is 2.00. The second-order valence-electron chi connectivity index (χ2n) is 2.67. The molecule has 4 nitrogen and oxygen atoms in total. The normalized spacial score (nSPS) is 32.1. The van der Waals surface area contributed by atoms with Crippen LogP contribution in [0, 0.1) is 0 Å². The molecule has 1 fully saturated rings. The molecule has 1 aliphatic rings. The lowest BCUT2D eigenvalue weighted by Gasteiger charge is -2.08. The van der Waals surface area contributed by atoms with E-state index in [1.165, 1.54) is 0 Å². The highest BCUT2D eigenvalue weighted by Gasteiger charge is 2.22. The predicted molar refractivity (Wildman–Crippen MR) is 36.4 cm³/mol. The molecule has 0 aromatic heterocycles. The van der Waals surface area contributed by atoms with E-state index in [1.54, 1.807) is 0 Å². The molecule has 0 aromatic carbocycles. The monoisotopic (exact) mass is 144 g/mol. The summed E-state index contributed by atoms with van der Waals surface area (Å²) in [5, 5.41) is 11.6. The van der Waals surface area contributed by atoms with Crippen molar-refractivity contribution in [2.24, 2.45) is 5.73 Å². The fourth-order valence-electron chi connectivity index (χ4n) is 1.29. The lowest BCUT2D eigenvalue weighted by Crippen LogP contribution is -2.37. The Labute approximate surface area is 59.4 Å². The maximum absolute atomic E-state index is 10.3. The molecule has 4 heteroatoms. The van der Waals surface area contributed by atoms with Crippen molar-refractivity contribution in [3.8, 4) is 0 Å². The Hall–Kier alpha value is -0.770. The first kappa shape index (κ1) is 7.34. The summed E-state index contributed by atoms with van der Waals surface area (Å²) in [5.41, 5.74) is 4.89. The third kappa shape index (κ3) is 1.88. The van der Waals surface area contributed by atoms with Gasteiger partial charge >= 0.3 is 6.03 Å². The predicted octanol–water partition coefficient (Wildman–Crippen LogP) is -0.432. The van der Waals surface area contributed by atoms with Gasteiger partial charge in [0.05, 0.1) is 6.10 Å². The molecule has 0 saturated heterocycles. The lowest BCUT2D eigenvalue weighted by atomic mass is 10.2. The van der Waals surface area contributed by atoms with Gasteiger partial charge in [-0.3, -0.25) is 0 Å². The van der Waals surface area contributed by atoms with E-state index in [0.717, 1.165) is 12.8 Å². The molecule has 0 bridgehead atoms. The van der Waals surface area contributed by atoms with Crippen LogP contribution in [0.2, 0.25) is 0 Å². The number of carbonyl (C=O) groups is 1. The van der Waals surface area contributed by atoms with E-state index < -0.39 is 6.03 Å². The van der Waals surface area contributed by atoms with Crippen LogP contribution in [0.25, 0.3) is 0 Å². The number of aliphatic hydroxyl groups excluding tert-OH is 1. The topological polar surface area (TPSA) is 75.4 Å².